The molecule has 0 amide bonds. The average molecular weight is 496 g/mol. The number of hydrogen-bond acceptors (Lipinski definition) is 5. The van der Waals surface area contributed by atoms with Gasteiger partial charge in [0.1, 0.15) is 12.4 Å². The standard InChI is InChI=1S/C27H18N2O.CH8N2P2/c28-17-20-1-7-23(8-2-20)25-11-5-22(6-12-25)19-30-27-15-13-26(14-16-27)24-9-3-21(18-29)4-10-24;2-1-5(3)4/h1-16H,19H2;1-4H2. The zero-order valence-corrected chi connectivity index (χ0v) is 21.2. The third kappa shape index (κ3) is 8.01. The first-order chi connectivity index (χ1) is 17.0. The van der Waals surface area contributed by atoms with Crippen molar-refractivity contribution in [2.24, 2.45) is 11.2 Å². The maximum Gasteiger partial charge on any atom is 0.119 e. The van der Waals surface area contributed by atoms with Gasteiger partial charge in [0, 0.05) is 6.29 Å². The molecule has 0 aromatic heterocycles. The maximum absolute atomic E-state index is 8.91. The van der Waals surface area contributed by atoms with E-state index in [9.17, 15) is 0 Å². The van der Waals surface area contributed by atoms with Crippen LogP contribution in [0.3, 0.4) is 0 Å². The third-order valence-corrected chi connectivity index (χ3v) is 6.17. The molecule has 0 fully saturated rings. The van der Waals surface area contributed by atoms with Gasteiger partial charge in [0.25, 0.3) is 0 Å². The molecule has 5 nitrogen and oxygen atoms in total. The lowest BCUT2D eigenvalue weighted by Crippen LogP contribution is -1.97. The molecule has 35 heavy (non-hydrogen) atoms. The van der Waals surface area contributed by atoms with E-state index in [-0.39, 0.29) is 0 Å². The zero-order chi connectivity index (χ0) is 25.0. The van der Waals surface area contributed by atoms with E-state index in [0.29, 0.717) is 24.0 Å². The summed E-state index contributed by atoms with van der Waals surface area (Å²) in [5.74, 6) is 0.809. The number of ether oxygens (including phenoxy) is 1. The van der Waals surface area contributed by atoms with E-state index >= 15 is 0 Å². The van der Waals surface area contributed by atoms with Gasteiger partial charge >= 0.3 is 0 Å². The van der Waals surface area contributed by atoms with Crippen molar-refractivity contribution in [2.45, 2.75) is 6.61 Å². The van der Waals surface area contributed by atoms with Crippen molar-refractivity contribution in [3.63, 3.8) is 0 Å². The average Bonchev–Trinajstić information content (AvgIpc) is 2.93. The predicted octanol–water partition coefficient (Wildman–Crippen LogP) is 6.39. The van der Waals surface area contributed by atoms with Crippen LogP contribution in [-0.4, -0.2) is 6.29 Å². The molecule has 0 aliphatic carbocycles. The second-order valence-electron chi connectivity index (χ2n) is 7.59. The quantitative estimate of drug-likeness (QED) is 0.301. The molecule has 2 atom stereocenters. The molecule has 0 heterocycles. The molecule has 0 aliphatic rings. The minimum absolute atomic E-state index is 0.404. The van der Waals surface area contributed by atoms with Crippen LogP contribution >= 0.6 is 16.7 Å². The minimum atomic E-state index is -0.404. The maximum atomic E-state index is 8.91. The van der Waals surface area contributed by atoms with Gasteiger partial charge in [-0.05, 0) is 72.0 Å². The highest BCUT2D eigenvalue weighted by Gasteiger charge is 2.02. The number of nitrogens with two attached hydrogens (primary N) is 2. The molecule has 0 radical (unpaired) electrons. The van der Waals surface area contributed by atoms with Gasteiger partial charge in [-0.2, -0.15) is 10.5 Å². The summed E-state index contributed by atoms with van der Waals surface area (Å²) in [6.07, 6.45) is 0.611. The molecule has 4 aromatic carbocycles. The van der Waals surface area contributed by atoms with Crippen molar-refractivity contribution < 1.29 is 4.74 Å². The second-order valence-corrected chi connectivity index (χ2v) is 11.0. The van der Waals surface area contributed by atoms with Crippen LogP contribution in [0.2, 0.25) is 0 Å². The second kappa shape index (κ2) is 13.4. The first kappa shape index (κ1) is 26.1. The summed E-state index contributed by atoms with van der Waals surface area (Å²) in [5, 5.41) is 17.8. The van der Waals surface area contributed by atoms with Gasteiger partial charge in [-0.3, -0.25) is 0 Å². The summed E-state index contributed by atoms with van der Waals surface area (Å²) >= 11 is 0. The molecule has 0 saturated heterocycles. The normalized spacial score (nSPS) is 10.8. The van der Waals surface area contributed by atoms with Crippen molar-refractivity contribution in [3.8, 4) is 40.1 Å². The lowest BCUT2D eigenvalue weighted by atomic mass is 10.0. The van der Waals surface area contributed by atoms with Gasteiger partial charge in [0.15, 0.2) is 0 Å². The Morgan fingerprint density at radius 3 is 1.34 bits per heavy atom. The van der Waals surface area contributed by atoms with E-state index in [2.05, 4.69) is 45.3 Å². The summed E-state index contributed by atoms with van der Waals surface area (Å²) in [7, 11) is 2.05. The van der Waals surface area contributed by atoms with Gasteiger partial charge in [0.2, 0.25) is 0 Å². The lowest BCUT2D eigenvalue weighted by molar-refractivity contribution is 0.306. The number of nitriles is 2. The molecule has 7 heteroatoms. The molecule has 174 valence electrons. The van der Waals surface area contributed by atoms with Gasteiger partial charge in [-0.25, -0.2) is 0 Å². The number of nitrogens with zero attached hydrogens (tertiary/aromatic N) is 2. The number of hydrogen-bond donors (Lipinski definition) is 2. The van der Waals surface area contributed by atoms with Crippen LogP contribution in [0.5, 0.6) is 5.75 Å². The van der Waals surface area contributed by atoms with E-state index in [1.807, 2.05) is 72.8 Å². The fourth-order valence-electron chi connectivity index (χ4n) is 3.18. The SMILES string of the molecule is N#Cc1ccc(-c2ccc(COc3ccc(-c4ccc(C#N)cc4)cc3)cc2)cc1.NCP(N)P. The monoisotopic (exact) mass is 496 g/mol. The molecule has 0 bridgehead atoms. The lowest BCUT2D eigenvalue weighted by Gasteiger charge is -2.09. The molecule has 4 aromatic rings. The fraction of sp³-hybridized carbons (Fsp3) is 0.0714. The first-order valence-electron chi connectivity index (χ1n) is 10.8. The van der Waals surface area contributed by atoms with Gasteiger partial charge < -0.3 is 16.0 Å². The van der Waals surface area contributed by atoms with Crippen LogP contribution in [0.1, 0.15) is 16.7 Å². The Morgan fingerprint density at radius 1 is 0.657 bits per heavy atom. The van der Waals surface area contributed by atoms with E-state index < -0.39 is 7.76 Å². The van der Waals surface area contributed by atoms with Crippen molar-refractivity contribution in [1.82, 2.24) is 0 Å². The molecular weight excluding hydrogens is 470 g/mol. The van der Waals surface area contributed by atoms with Crippen molar-refractivity contribution >= 4 is 16.7 Å². The van der Waals surface area contributed by atoms with Crippen LogP contribution in [0.15, 0.2) is 97.1 Å². The summed E-state index contributed by atoms with van der Waals surface area (Å²) < 4.78 is 5.92. The highest BCUT2D eigenvalue weighted by Crippen LogP contribution is 2.31. The Labute approximate surface area is 209 Å². The van der Waals surface area contributed by atoms with Crippen molar-refractivity contribution in [2.75, 3.05) is 6.29 Å². The Morgan fingerprint density at radius 2 is 1.00 bits per heavy atom. The topological polar surface area (TPSA) is 109 Å². The van der Waals surface area contributed by atoms with Crippen LogP contribution < -0.4 is 16.0 Å². The fourth-order valence-corrected chi connectivity index (χ4v) is 3.18. The molecule has 0 saturated carbocycles. The van der Waals surface area contributed by atoms with Crippen LogP contribution in [0.25, 0.3) is 22.3 Å². The molecule has 2 unspecified atom stereocenters. The van der Waals surface area contributed by atoms with Crippen LogP contribution in [0.4, 0.5) is 0 Å². The summed E-state index contributed by atoms with van der Waals surface area (Å²) in [5.41, 5.74) is 17.0. The first-order valence-corrected chi connectivity index (χ1v) is 14.0. The van der Waals surface area contributed by atoms with E-state index in [1.54, 1.807) is 0 Å². The molecule has 4 rings (SSSR count). The Bertz CT molecular complexity index is 1190. The highest BCUT2D eigenvalue weighted by atomic mass is 32.0. The zero-order valence-electron chi connectivity index (χ0n) is 19.1. The van der Waals surface area contributed by atoms with E-state index in [4.69, 9.17) is 26.5 Å². The van der Waals surface area contributed by atoms with E-state index in [1.165, 1.54) is 0 Å². The molecule has 4 N–H and O–H groups in total. The van der Waals surface area contributed by atoms with Crippen LogP contribution in [-0.2, 0) is 6.61 Å². The predicted molar refractivity (Wildman–Crippen MR) is 147 cm³/mol. The number of benzene rings is 4. The highest BCUT2D eigenvalue weighted by molar-refractivity contribution is 8.12. The third-order valence-electron chi connectivity index (χ3n) is 5.12. The van der Waals surface area contributed by atoms with Crippen molar-refractivity contribution in [1.29, 1.82) is 10.5 Å². The molecule has 0 spiro atoms. The Balaban J connectivity index is 0.000000623. The molecule has 0 aliphatic heterocycles. The minimum Gasteiger partial charge on any atom is -0.489 e. The van der Waals surface area contributed by atoms with Crippen LogP contribution in [0, 0.1) is 22.7 Å². The summed E-state index contributed by atoms with van der Waals surface area (Å²) in [6, 6.07) is 35.6. The van der Waals surface area contributed by atoms with E-state index in [0.717, 1.165) is 33.6 Å². The summed E-state index contributed by atoms with van der Waals surface area (Å²) in [4.78, 5) is 0. The van der Waals surface area contributed by atoms with Crippen molar-refractivity contribution in [3.05, 3.63) is 114 Å². The summed E-state index contributed by atoms with van der Waals surface area (Å²) in [6.45, 7) is 0.490. The van der Waals surface area contributed by atoms with Gasteiger partial charge in [-0.1, -0.05) is 69.6 Å². The van der Waals surface area contributed by atoms with Gasteiger partial charge in [-0.15, -0.1) is 0 Å². The Kier molecular flexibility index (Phi) is 9.94. The number of rotatable bonds is 6. The Hall–Kier alpha value is -3.56. The van der Waals surface area contributed by atoms with Gasteiger partial charge in [0.05, 0.1) is 23.3 Å². The molecular formula is C28H26N4OP2. The smallest absolute Gasteiger partial charge is 0.119 e. The largest absolute Gasteiger partial charge is 0.489 e.